The Labute approximate surface area is 59.6 Å². The van der Waals surface area contributed by atoms with Crippen LogP contribution < -0.4 is 5.32 Å². The molecule has 1 aliphatic rings. The van der Waals surface area contributed by atoms with Gasteiger partial charge in [-0.1, -0.05) is 0 Å². The molecule has 0 spiro atoms. The molecule has 0 bridgehead atoms. The summed E-state index contributed by atoms with van der Waals surface area (Å²) in [6.07, 6.45) is 0. The van der Waals surface area contributed by atoms with Gasteiger partial charge in [0.1, 0.15) is 0 Å². The van der Waals surface area contributed by atoms with Gasteiger partial charge in [-0.05, 0) is 20.8 Å². The fraction of sp³-hybridized carbons (Fsp3) is 0.833. The second-order valence-electron chi connectivity index (χ2n) is 2.92. The molecule has 0 aromatic rings. The molecule has 58 valence electrons. The summed E-state index contributed by atoms with van der Waals surface area (Å²) in [6, 6.07) is 0. The molecule has 0 aromatic carbocycles. The van der Waals surface area contributed by atoms with Gasteiger partial charge in [-0.15, -0.1) is 0 Å². The minimum atomic E-state index is -1.41. The lowest BCUT2D eigenvalue weighted by Gasteiger charge is -2.28. The predicted octanol–water partition coefficient (Wildman–Crippen LogP) is -0.575. The van der Waals surface area contributed by atoms with Crippen LogP contribution >= 0.6 is 0 Å². The standard InChI is InChI=1S/C6H12N2O2/c1-4-7-5(2,9)6(3,10)8-4/h9-10H,1-3H3,(H,7,8)/t5-,6-/m1/s1. The summed E-state index contributed by atoms with van der Waals surface area (Å²) in [7, 11) is 0. The molecule has 0 radical (unpaired) electrons. The first-order chi connectivity index (χ1) is 4.35. The van der Waals surface area contributed by atoms with Gasteiger partial charge in [0.05, 0.1) is 5.84 Å². The van der Waals surface area contributed by atoms with E-state index < -0.39 is 11.4 Å². The van der Waals surface area contributed by atoms with Gasteiger partial charge in [-0.25, -0.2) is 4.99 Å². The van der Waals surface area contributed by atoms with Crippen LogP contribution in [0.4, 0.5) is 0 Å². The lowest BCUT2D eigenvalue weighted by Crippen LogP contribution is -2.54. The summed E-state index contributed by atoms with van der Waals surface area (Å²) >= 11 is 0. The first kappa shape index (κ1) is 7.50. The topological polar surface area (TPSA) is 64.9 Å². The minimum Gasteiger partial charge on any atom is -0.367 e. The van der Waals surface area contributed by atoms with Crippen molar-refractivity contribution in [2.75, 3.05) is 0 Å². The number of nitrogens with one attached hydrogen (secondary N) is 1. The van der Waals surface area contributed by atoms with Gasteiger partial charge in [-0.3, -0.25) is 0 Å². The lowest BCUT2D eigenvalue weighted by atomic mass is 10.1. The van der Waals surface area contributed by atoms with Crippen LogP contribution in [-0.4, -0.2) is 27.5 Å². The Balaban J connectivity index is 2.92. The zero-order valence-corrected chi connectivity index (χ0v) is 6.34. The molecule has 0 fully saturated rings. The van der Waals surface area contributed by atoms with Gasteiger partial charge in [0.25, 0.3) is 0 Å². The number of aliphatic imine (C=N–C) groups is 1. The Bertz CT molecular complexity index is 184. The normalized spacial score (nSPS) is 46.7. The number of amidine groups is 1. The van der Waals surface area contributed by atoms with Gasteiger partial charge in [-0.2, -0.15) is 0 Å². The largest absolute Gasteiger partial charge is 0.367 e. The average Bonchev–Trinajstić information content (AvgIpc) is 1.73. The highest BCUT2D eigenvalue weighted by Gasteiger charge is 2.46. The van der Waals surface area contributed by atoms with Crippen LogP contribution in [0.2, 0.25) is 0 Å². The Morgan fingerprint density at radius 2 is 1.90 bits per heavy atom. The molecule has 0 amide bonds. The maximum absolute atomic E-state index is 9.42. The summed E-state index contributed by atoms with van der Waals surface area (Å²) in [5, 5.41) is 21.4. The Kier molecular flexibility index (Phi) is 1.28. The smallest absolute Gasteiger partial charge is 0.202 e. The summed E-state index contributed by atoms with van der Waals surface area (Å²) < 4.78 is 0. The highest BCUT2D eigenvalue weighted by Crippen LogP contribution is 2.25. The maximum atomic E-state index is 9.42. The van der Waals surface area contributed by atoms with Crippen molar-refractivity contribution in [1.82, 2.24) is 5.32 Å². The van der Waals surface area contributed by atoms with Crippen molar-refractivity contribution < 1.29 is 10.2 Å². The van der Waals surface area contributed by atoms with Crippen molar-refractivity contribution in [2.45, 2.75) is 32.2 Å². The fourth-order valence-corrected chi connectivity index (χ4v) is 0.934. The maximum Gasteiger partial charge on any atom is 0.202 e. The molecule has 2 atom stereocenters. The first-order valence-corrected chi connectivity index (χ1v) is 3.14. The lowest BCUT2D eigenvalue weighted by molar-refractivity contribution is -0.122. The van der Waals surface area contributed by atoms with Gasteiger partial charge in [0, 0.05) is 0 Å². The van der Waals surface area contributed by atoms with E-state index in [4.69, 9.17) is 0 Å². The molecular weight excluding hydrogens is 132 g/mol. The molecule has 0 unspecified atom stereocenters. The van der Waals surface area contributed by atoms with E-state index in [1.54, 1.807) is 6.92 Å². The van der Waals surface area contributed by atoms with E-state index in [1.165, 1.54) is 13.8 Å². The van der Waals surface area contributed by atoms with E-state index in [2.05, 4.69) is 10.3 Å². The van der Waals surface area contributed by atoms with Crippen molar-refractivity contribution in [1.29, 1.82) is 0 Å². The number of aliphatic hydroxyl groups is 2. The molecule has 0 saturated carbocycles. The molecule has 10 heavy (non-hydrogen) atoms. The molecule has 4 nitrogen and oxygen atoms in total. The van der Waals surface area contributed by atoms with E-state index >= 15 is 0 Å². The van der Waals surface area contributed by atoms with Crippen LogP contribution in [0.25, 0.3) is 0 Å². The summed E-state index contributed by atoms with van der Waals surface area (Å²) in [4.78, 5) is 3.78. The Morgan fingerprint density at radius 3 is 2.00 bits per heavy atom. The molecule has 1 aliphatic heterocycles. The van der Waals surface area contributed by atoms with Gasteiger partial charge < -0.3 is 15.5 Å². The van der Waals surface area contributed by atoms with Crippen molar-refractivity contribution >= 4 is 5.84 Å². The Hall–Kier alpha value is -0.610. The highest BCUT2D eigenvalue weighted by atomic mass is 16.4. The van der Waals surface area contributed by atoms with Gasteiger partial charge in [0.15, 0.2) is 5.72 Å². The van der Waals surface area contributed by atoms with E-state index in [-0.39, 0.29) is 0 Å². The number of hydrogen-bond acceptors (Lipinski definition) is 4. The van der Waals surface area contributed by atoms with Crippen molar-refractivity contribution in [3.63, 3.8) is 0 Å². The van der Waals surface area contributed by atoms with Gasteiger partial charge in [0.2, 0.25) is 5.72 Å². The van der Waals surface area contributed by atoms with Crippen molar-refractivity contribution in [3.05, 3.63) is 0 Å². The van der Waals surface area contributed by atoms with E-state index in [0.717, 1.165) is 0 Å². The zero-order chi connectivity index (χ0) is 7.99. The van der Waals surface area contributed by atoms with Crippen LogP contribution in [0.15, 0.2) is 4.99 Å². The zero-order valence-electron chi connectivity index (χ0n) is 6.34. The first-order valence-electron chi connectivity index (χ1n) is 3.14. The number of nitrogens with zero attached hydrogens (tertiary/aromatic N) is 1. The molecule has 0 saturated heterocycles. The minimum absolute atomic E-state index is 0.551. The van der Waals surface area contributed by atoms with Crippen LogP contribution in [0, 0.1) is 0 Å². The third kappa shape index (κ3) is 0.892. The summed E-state index contributed by atoms with van der Waals surface area (Å²) in [6.45, 7) is 4.62. The molecule has 1 rings (SSSR count). The van der Waals surface area contributed by atoms with E-state index in [1.807, 2.05) is 0 Å². The van der Waals surface area contributed by atoms with Crippen LogP contribution in [0.5, 0.6) is 0 Å². The SMILES string of the molecule is CC1=N[C@](C)(O)[C@@](C)(O)N1. The highest BCUT2D eigenvalue weighted by molar-refractivity contribution is 5.82. The third-order valence-corrected chi connectivity index (χ3v) is 1.73. The van der Waals surface area contributed by atoms with Crippen molar-refractivity contribution in [3.8, 4) is 0 Å². The third-order valence-electron chi connectivity index (χ3n) is 1.73. The number of hydrogen-bond donors (Lipinski definition) is 3. The van der Waals surface area contributed by atoms with Crippen molar-refractivity contribution in [2.24, 2.45) is 4.99 Å². The van der Waals surface area contributed by atoms with Crippen LogP contribution in [-0.2, 0) is 0 Å². The molecule has 3 N–H and O–H groups in total. The van der Waals surface area contributed by atoms with Gasteiger partial charge >= 0.3 is 0 Å². The molecule has 4 heteroatoms. The quantitative estimate of drug-likeness (QED) is 0.426. The molecule has 1 heterocycles. The predicted molar refractivity (Wildman–Crippen MR) is 37.5 cm³/mol. The van der Waals surface area contributed by atoms with Crippen LogP contribution in [0.3, 0.4) is 0 Å². The second-order valence-corrected chi connectivity index (χ2v) is 2.92. The van der Waals surface area contributed by atoms with Crippen LogP contribution in [0.1, 0.15) is 20.8 Å². The van der Waals surface area contributed by atoms with E-state index in [0.29, 0.717) is 5.84 Å². The van der Waals surface area contributed by atoms with E-state index in [9.17, 15) is 10.2 Å². The summed E-state index contributed by atoms with van der Waals surface area (Å²) in [5.41, 5.74) is -2.74. The fourth-order valence-electron chi connectivity index (χ4n) is 0.934. The average molecular weight is 144 g/mol. The second kappa shape index (κ2) is 1.71. The molecule has 0 aromatic heterocycles. The summed E-state index contributed by atoms with van der Waals surface area (Å²) in [5.74, 6) is 0.551. The Morgan fingerprint density at radius 1 is 1.40 bits per heavy atom. The molecular formula is C6H12N2O2. The molecule has 0 aliphatic carbocycles. The monoisotopic (exact) mass is 144 g/mol. The number of rotatable bonds is 0.